The molecule has 0 aliphatic heterocycles. The topological polar surface area (TPSA) is 26.3 Å². The van der Waals surface area contributed by atoms with E-state index >= 15 is 0 Å². The maximum atomic E-state index is 11.0. The zero-order valence-electron chi connectivity index (χ0n) is 15.5. The average Bonchev–Trinajstić information content (AvgIpc) is 2.60. The molecule has 130 valence electrons. The molecule has 0 N–H and O–H groups in total. The van der Waals surface area contributed by atoms with Crippen molar-refractivity contribution in [1.29, 1.82) is 0 Å². The maximum absolute atomic E-state index is 11.0. The number of carbonyl (C=O) groups is 1. The predicted molar refractivity (Wildman–Crippen MR) is 101 cm³/mol. The Morgan fingerprint density at radius 3 is 2.17 bits per heavy atom. The molecule has 0 spiro atoms. The van der Waals surface area contributed by atoms with Gasteiger partial charge in [-0.25, -0.2) is 0 Å². The molecule has 24 heavy (non-hydrogen) atoms. The van der Waals surface area contributed by atoms with Gasteiger partial charge < -0.3 is 4.74 Å². The average molecular weight is 326 g/mol. The van der Waals surface area contributed by atoms with Crippen molar-refractivity contribution in [2.75, 3.05) is 6.61 Å². The summed E-state index contributed by atoms with van der Waals surface area (Å²) in [5.41, 5.74) is 5.69. The van der Waals surface area contributed by atoms with Crippen LogP contribution in [0.3, 0.4) is 0 Å². The Hall–Kier alpha value is -2.09. The van der Waals surface area contributed by atoms with Crippen molar-refractivity contribution < 1.29 is 9.53 Å². The van der Waals surface area contributed by atoms with Gasteiger partial charge in [0.15, 0.2) is 0 Å². The number of esters is 1. The zero-order valence-corrected chi connectivity index (χ0v) is 15.5. The first-order valence-electron chi connectivity index (χ1n) is 8.97. The lowest BCUT2D eigenvalue weighted by molar-refractivity contribution is -0.143. The van der Waals surface area contributed by atoms with E-state index < -0.39 is 0 Å². The van der Waals surface area contributed by atoms with Crippen molar-refractivity contribution >= 4 is 5.97 Å². The number of benzene rings is 2. The third-order valence-electron chi connectivity index (χ3n) is 3.79. The molecule has 0 heterocycles. The van der Waals surface area contributed by atoms with Gasteiger partial charge in [-0.3, -0.25) is 4.79 Å². The van der Waals surface area contributed by atoms with Gasteiger partial charge in [0.1, 0.15) is 0 Å². The Morgan fingerprint density at radius 1 is 1.00 bits per heavy atom. The number of hydrogen-bond donors (Lipinski definition) is 0. The van der Waals surface area contributed by atoms with Crippen molar-refractivity contribution in [3.8, 4) is 0 Å². The van der Waals surface area contributed by atoms with Gasteiger partial charge in [0.2, 0.25) is 0 Å². The molecule has 2 aromatic carbocycles. The van der Waals surface area contributed by atoms with Crippen molar-refractivity contribution in [2.45, 2.75) is 53.4 Å². The van der Waals surface area contributed by atoms with E-state index in [-0.39, 0.29) is 5.97 Å². The molecule has 0 atom stereocenters. The van der Waals surface area contributed by atoms with Crippen LogP contribution in [0, 0.1) is 6.92 Å². The van der Waals surface area contributed by atoms with Crippen LogP contribution in [-0.2, 0) is 28.8 Å². The van der Waals surface area contributed by atoms with Crippen LogP contribution >= 0.6 is 0 Å². The molecule has 0 radical (unpaired) electrons. The Labute approximate surface area is 146 Å². The van der Waals surface area contributed by atoms with Crippen LogP contribution in [0.4, 0.5) is 0 Å². The largest absolute Gasteiger partial charge is 0.466 e. The standard InChI is InChI=1S/C11H14O2.C9H10.C2H6/c1-2-13-11(12)9-8-10-6-4-3-5-7-10;1-7-2-3-8-4-5-9(8)6-7;1-2/h3-7H,2,8-9H2,1H3;2-3,6H,4-5H2,1H3;1-2H3. The summed E-state index contributed by atoms with van der Waals surface area (Å²) in [6, 6.07) is 16.7. The van der Waals surface area contributed by atoms with Crippen LogP contribution in [-0.4, -0.2) is 12.6 Å². The number of aryl methyl sites for hydroxylation is 4. The number of hydrogen-bond acceptors (Lipinski definition) is 2. The molecule has 0 unspecified atom stereocenters. The summed E-state index contributed by atoms with van der Waals surface area (Å²) in [5, 5.41) is 0. The highest BCUT2D eigenvalue weighted by atomic mass is 16.5. The highest BCUT2D eigenvalue weighted by Crippen LogP contribution is 2.22. The van der Waals surface area contributed by atoms with Crippen molar-refractivity contribution in [3.05, 3.63) is 70.8 Å². The molecule has 0 aromatic heterocycles. The molecule has 2 nitrogen and oxygen atoms in total. The first kappa shape index (κ1) is 20.0. The quantitative estimate of drug-likeness (QED) is 0.712. The normalized spacial score (nSPS) is 10.8. The maximum Gasteiger partial charge on any atom is 0.306 e. The minimum absolute atomic E-state index is 0.119. The molecule has 1 aliphatic carbocycles. The smallest absolute Gasteiger partial charge is 0.306 e. The van der Waals surface area contributed by atoms with E-state index in [1.54, 1.807) is 11.1 Å². The van der Waals surface area contributed by atoms with Crippen LogP contribution in [0.5, 0.6) is 0 Å². The van der Waals surface area contributed by atoms with E-state index in [1.807, 2.05) is 51.1 Å². The lowest BCUT2D eigenvalue weighted by Crippen LogP contribution is -2.07. The Bertz CT molecular complexity index is 603. The first-order valence-corrected chi connectivity index (χ1v) is 8.97. The lowest BCUT2D eigenvalue weighted by atomic mass is 9.88. The summed E-state index contributed by atoms with van der Waals surface area (Å²) in [5.74, 6) is -0.119. The molecular weight excluding hydrogens is 296 g/mol. The van der Waals surface area contributed by atoms with Gasteiger partial charge in [-0.15, -0.1) is 0 Å². The number of ether oxygens (including phenoxy) is 1. The molecular formula is C22H30O2. The minimum atomic E-state index is -0.119. The van der Waals surface area contributed by atoms with E-state index in [9.17, 15) is 4.79 Å². The fourth-order valence-corrected chi connectivity index (χ4v) is 2.45. The second-order valence-corrected chi connectivity index (χ2v) is 5.56. The SMILES string of the molecule is CC.CCOC(=O)CCc1ccccc1.Cc1ccc2c(c1)CC2. The molecule has 0 amide bonds. The van der Waals surface area contributed by atoms with Gasteiger partial charge >= 0.3 is 5.97 Å². The Kier molecular flexibility index (Phi) is 9.52. The number of rotatable bonds is 4. The van der Waals surface area contributed by atoms with Crippen LogP contribution in [0.25, 0.3) is 0 Å². The highest BCUT2D eigenvalue weighted by molar-refractivity contribution is 5.69. The van der Waals surface area contributed by atoms with E-state index in [0.717, 1.165) is 6.42 Å². The molecule has 2 heteroatoms. The molecule has 3 rings (SSSR count). The Balaban J connectivity index is 0.000000227. The summed E-state index contributed by atoms with van der Waals surface area (Å²) < 4.78 is 4.82. The number of fused-ring (bicyclic) bond motifs is 1. The van der Waals surface area contributed by atoms with Crippen LogP contribution in [0.1, 0.15) is 49.4 Å². The van der Waals surface area contributed by atoms with Crippen LogP contribution in [0.2, 0.25) is 0 Å². The summed E-state index contributed by atoms with van der Waals surface area (Å²) in [4.78, 5) is 11.0. The monoisotopic (exact) mass is 326 g/mol. The highest BCUT2D eigenvalue weighted by Gasteiger charge is 2.10. The lowest BCUT2D eigenvalue weighted by Gasteiger charge is -2.18. The van der Waals surface area contributed by atoms with Crippen molar-refractivity contribution in [3.63, 3.8) is 0 Å². The molecule has 2 aromatic rings. The van der Waals surface area contributed by atoms with Gasteiger partial charge in [0, 0.05) is 6.42 Å². The predicted octanol–water partition coefficient (Wildman–Crippen LogP) is 5.30. The second-order valence-electron chi connectivity index (χ2n) is 5.56. The summed E-state index contributed by atoms with van der Waals surface area (Å²) in [7, 11) is 0. The van der Waals surface area contributed by atoms with Gasteiger partial charge in [-0.2, -0.15) is 0 Å². The zero-order chi connectivity index (χ0) is 17.8. The molecule has 1 aliphatic rings. The van der Waals surface area contributed by atoms with Gasteiger partial charge in [-0.1, -0.05) is 67.9 Å². The second kappa shape index (κ2) is 11.4. The first-order chi connectivity index (χ1) is 11.7. The summed E-state index contributed by atoms with van der Waals surface area (Å²) >= 11 is 0. The van der Waals surface area contributed by atoms with Gasteiger partial charge in [0.25, 0.3) is 0 Å². The molecule has 0 bridgehead atoms. The van der Waals surface area contributed by atoms with E-state index in [4.69, 9.17) is 4.74 Å². The molecule has 0 saturated carbocycles. The van der Waals surface area contributed by atoms with Crippen molar-refractivity contribution in [2.24, 2.45) is 0 Å². The van der Waals surface area contributed by atoms with Crippen molar-refractivity contribution in [1.82, 2.24) is 0 Å². The van der Waals surface area contributed by atoms with E-state index in [2.05, 4.69) is 25.1 Å². The molecule has 0 fully saturated rings. The van der Waals surface area contributed by atoms with Crippen LogP contribution < -0.4 is 0 Å². The molecule has 0 saturated heterocycles. The fraction of sp³-hybridized carbons (Fsp3) is 0.409. The third-order valence-corrected chi connectivity index (χ3v) is 3.79. The fourth-order valence-electron chi connectivity index (χ4n) is 2.45. The number of carbonyl (C=O) groups excluding carboxylic acids is 1. The third kappa shape index (κ3) is 6.99. The Morgan fingerprint density at radius 2 is 1.67 bits per heavy atom. The summed E-state index contributed by atoms with van der Waals surface area (Å²) in [6.07, 6.45) is 3.84. The van der Waals surface area contributed by atoms with Crippen LogP contribution in [0.15, 0.2) is 48.5 Å². The van der Waals surface area contributed by atoms with Gasteiger partial charge in [-0.05, 0) is 49.8 Å². The minimum Gasteiger partial charge on any atom is -0.466 e. The van der Waals surface area contributed by atoms with E-state index in [0.29, 0.717) is 13.0 Å². The van der Waals surface area contributed by atoms with Gasteiger partial charge in [0.05, 0.1) is 6.61 Å². The summed E-state index contributed by atoms with van der Waals surface area (Å²) in [6.45, 7) is 8.44. The van der Waals surface area contributed by atoms with E-state index in [1.165, 1.54) is 24.0 Å².